The van der Waals surface area contributed by atoms with Gasteiger partial charge in [0.25, 0.3) is 0 Å². The molecule has 2 aromatic rings. The van der Waals surface area contributed by atoms with Gasteiger partial charge in [0, 0.05) is 32.3 Å². The number of hydrogen-bond donors (Lipinski definition) is 4. The van der Waals surface area contributed by atoms with Crippen LogP contribution in [0.2, 0.25) is 0 Å². The van der Waals surface area contributed by atoms with Gasteiger partial charge in [0.2, 0.25) is 0 Å². The second-order valence-electron chi connectivity index (χ2n) is 11.7. The predicted molar refractivity (Wildman–Crippen MR) is 176 cm³/mol. The molecule has 0 radical (unpaired) electrons. The van der Waals surface area contributed by atoms with Gasteiger partial charge in [-0.05, 0) is 49.7 Å². The second-order valence-corrected chi connectivity index (χ2v) is 11.7. The minimum atomic E-state index is -0.855. The normalized spacial score (nSPS) is 23.2. The van der Waals surface area contributed by atoms with Crippen molar-refractivity contribution in [1.29, 1.82) is 0 Å². The molecule has 0 heterocycles. The van der Waals surface area contributed by atoms with Gasteiger partial charge in [-0.25, -0.2) is 14.4 Å². The highest BCUT2D eigenvalue weighted by Crippen LogP contribution is 2.27. The van der Waals surface area contributed by atoms with Crippen LogP contribution in [0.25, 0.3) is 0 Å². The number of carbonyl (C=O) groups is 4. The van der Waals surface area contributed by atoms with Crippen LogP contribution in [-0.2, 0) is 41.7 Å². The average molecular weight is 670 g/mol. The Hall–Kier alpha value is -4.62. The standard InChI is InChI=1S/C19H26N2O5.C16H21NO5/c1-3-9-25-18(22)20-15-10-16(12-17(11-15)24-2)21-19(23)26-13-14-7-5-4-6-8-14;1-21-14-8-12(15(18)19)7-13(9-14)17-16(20)22-10-11-5-3-2-4-6-11/h3-8,15-17H,1,9-13H2,2H3,(H,20,22)(H,21,23);2-6,12-14H,7-10H2,1H3,(H,17,20)(H,18,19)/t15-,16+,17-;12-,13+,14-/m00/s1. The Labute approximate surface area is 281 Å². The van der Waals surface area contributed by atoms with E-state index in [4.69, 9.17) is 28.8 Å². The molecule has 0 aromatic heterocycles. The Bertz CT molecular complexity index is 1300. The van der Waals surface area contributed by atoms with Gasteiger partial charge in [0.1, 0.15) is 19.8 Å². The minimum Gasteiger partial charge on any atom is -0.481 e. The first-order valence-electron chi connectivity index (χ1n) is 16.0. The van der Waals surface area contributed by atoms with Crippen LogP contribution in [0.4, 0.5) is 14.4 Å². The Kier molecular flexibility index (Phi) is 16.2. The van der Waals surface area contributed by atoms with Crippen LogP contribution in [0.5, 0.6) is 0 Å². The van der Waals surface area contributed by atoms with Crippen LogP contribution in [0, 0.1) is 5.92 Å². The molecule has 4 N–H and O–H groups in total. The summed E-state index contributed by atoms with van der Waals surface area (Å²) in [5.74, 6) is -1.36. The maximum Gasteiger partial charge on any atom is 0.407 e. The first-order chi connectivity index (χ1) is 23.2. The van der Waals surface area contributed by atoms with E-state index < -0.39 is 30.2 Å². The van der Waals surface area contributed by atoms with Gasteiger partial charge in [0.05, 0.1) is 18.1 Å². The molecule has 4 rings (SSSR count). The van der Waals surface area contributed by atoms with Crippen molar-refractivity contribution in [3.05, 3.63) is 84.4 Å². The predicted octanol–water partition coefficient (Wildman–Crippen LogP) is 4.94. The molecule has 2 aliphatic rings. The Morgan fingerprint density at radius 3 is 1.50 bits per heavy atom. The number of aliphatic carboxylic acids is 1. The molecule has 262 valence electrons. The molecule has 0 aliphatic heterocycles. The third kappa shape index (κ3) is 14.0. The van der Waals surface area contributed by atoms with Gasteiger partial charge >= 0.3 is 24.2 Å². The summed E-state index contributed by atoms with van der Waals surface area (Å²) >= 11 is 0. The number of nitrogens with one attached hydrogen (secondary N) is 3. The molecular weight excluding hydrogens is 622 g/mol. The summed E-state index contributed by atoms with van der Waals surface area (Å²) in [4.78, 5) is 46.8. The summed E-state index contributed by atoms with van der Waals surface area (Å²) in [5, 5.41) is 17.5. The van der Waals surface area contributed by atoms with Crippen molar-refractivity contribution in [3.63, 3.8) is 0 Å². The molecule has 3 amide bonds. The summed E-state index contributed by atoms with van der Waals surface area (Å²) < 4.78 is 26.0. The number of hydrogen-bond acceptors (Lipinski definition) is 9. The van der Waals surface area contributed by atoms with Gasteiger partial charge in [-0.3, -0.25) is 4.79 Å². The Morgan fingerprint density at radius 1 is 0.667 bits per heavy atom. The lowest BCUT2D eigenvalue weighted by Crippen LogP contribution is -2.50. The van der Waals surface area contributed by atoms with Crippen molar-refractivity contribution < 1.29 is 48.0 Å². The van der Waals surface area contributed by atoms with Crippen LogP contribution < -0.4 is 16.0 Å². The molecule has 0 spiro atoms. The summed E-state index contributed by atoms with van der Waals surface area (Å²) in [5.41, 5.74) is 1.82. The molecule has 0 saturated heterocycles. The highest BCUT2D eigenvalue weighted by molar-refractivity contribution is 5.71. The minimum absolute atomic E-state index is 0.0622. The highest BCUT2D eigenvalue weighted by Gasteiger charge is 2.34. The van der Waals surface area contributed by atoms with Crippen LogP contribution in [0.15, 0.2) is 73.3 Å². The van der Waals surface area contributed by atoms with E-state index in [2.05, 4.69) is 22.5 Å². The van der Waals surface area contributed by atoms with Crippen LogP contribution >= 0.6 is 0 Å². The fraction of sp³-hybridized carbons (Fsp3) is 0.486. The van der Waals surface area contributed by atoms with Crippen molar-refractivity contribution in [1.82, 2.24) is 16.0 Å². The summed E-state index contributed by atoms with van der Waals surface area (Å²) in [7, 11) is 3.17. The monoisotopic (exact) mass is 669 g/mol. The van der Waals surface area contributed by atoms with E-state index in [-0.39, 0.29) is 50.2 Å². The SMILES string of the molecule is C=CCOC(=O)N[C@H]1C[C@@H](NC(=O)OCc2ccccc2)C[C@@H](OC)C1.CO[C@@H]1C[C@H](NC(=O)OCc2ccccc2)C[C@H](C(=O)O)C1. The number of amides is 3. The number of carboxylic acids is 1. The number of benzene rings is 2. The molecule has 2 saturated carbocycles. The van der Waals surface area contributed by atoms with Gasteiger partial charge in [-0.2, -0.15) is 0 Å². The van der Waals surface area contributed by atoms with Gasteiger partial charge in [-0.15, -0.1) is 0 Å². The number of methoxy groups -OCH3 is 2. The largest absolute Gasteiger partial charge is 0.481 e. The third-order valence-corrected chi connectivity index (χ3v) is 8.07. The number of ether oxygens (including phenoxy) is 5. The average Bonchev–Trinajstić information content (AvgIpc) is 3.09. The van der Waals surface area contributed by atoms with Crippen molar-refractivity contribution in [2.45, 2.75) is 82.1 Å². The molecule has 2 aromatic carbocycles. The van der Waals surface area contributed by atoms with Gasteiger partial charge in [-0.1, -0.05) is 73.3 Å². The van der Waals surface area contributed by atoms with E-state index >= 15 is 0 Å². The van der Waals surface area contributed by atoms with E-state index in [1.807, 2.05) is 60.7 Å². The highest BCUT2D eigenvalue weighted by atomic mass is 16.6. The zero-order valence-corrected chi connectivity index (χ0v) is 27.5. The summed E-state index contributed by atoms with van der Waals surface area (Å²) in [6, 6.07) is 18.3. The van der Waals surface area contributed by atoms with Crippen LogP contribution in [0.1, 0.15) is 49.7 Å². The van der Waals surface area contributed by atoms with E-state index in [0.29, 0.717) is 38.5 Å². The Balaban J connectivity index is 0.000000264. The van der Waals surface area contributed by atoms with Crippen molar-refractivity contribution >= 4 is 24.2 Å². The van der Waals surface area contributed by atoms with Crippen molar-refractivity contribution in [2.24, 2.45) is 5.92 Å². The number of alkyl carbamates (subject to hydrolysis) is 3. The summed E-state index contributed by atoms with van der Waals surface area (Å²) in [6.45, 7) is 4.06. The van der Waals surface area contributed by atoms with Gasteiger partial charge in [0.15, 0.2) is 0 Å². The molecule has 48 heavy (non-hydrogen) atoms. The molecule has 6 atom stereocenters. The molecule has 0 unspecified atom stereocenters. The van der Waals surface area contributed by atoms with Crippen LogP contribution in [-0.4, -0.2) is 80.5 Å². The maximum atomic E-state index is 12.1. The molecule has 13 nitrogen and oxygen atoms in total. The lowest BCUT2D eigenvalue weighted by Gasteiger charge is -2.34. The van der Waals surface area contributed by atoms with E-state index in [1.54, 1.807) is 14.2 Å². The zero-order chi connectivity index (χ0) is 34.7. The van der Waals surface area contributed by atoms with Crippen molar-refractivity contribution in [3.8, 4) is 0 Å². The maximum absolute atomic E-state index is 12.1. The molecular formula is C35H47N3O10. The quantitative estimate of drug-likeness (QED) is 0.179. The molecule has 0 bridgehead atoms. The molecule has 2 fully saturated rings. The van der Waals surface area contributed by atoms with Crippen LogP contribution in [0.3, 0.4) is 0 Å². The van der Waals surface area contributed by atoms with E-state index in [0.717, 1.165) is 11.1 Å². The first kappa shape index (κ1) is 37.8. The number of carbonyl (C=O) groups excluding carboxylic acids is 3. The van der Waals surface area contributed by atoms with E-state index in [1.165, 1.54) is 6.08 Å². The Morgan fingerprint density at radius 2 is 1.08 bits per heavy atom. The van der Waals surface area contributed by atoms with Crippen molar-refractivity contribution in [2.75, 3.05) is 20.8 Å². The fourth-order valence-electron chi connectivity index (χ4n) is 5.68. The van der Waals surface area contributed by atoms with E-state index in [9.17, 15) is 19.2 Å². The number of rotatable bonds is 12. The topological polar surface area (TPSA) is 171 Å². The number of carboxylic acid groups (broad SMARTS) is 1. The second kappa shape index (κ2) is 20.6. The lowest BCUT2D eigenvalue weighted by atomic mass is 9.84. The lowest BCUT2D eigenvalue weighted by molar-refractivity contribution is -0.145. The third-order valence-electron chi connectivity index (χ3n) is 8.07. The smallest absolute Gasteiger partial charge is 0.407 e. The molecule has 13 heteroatoms. The van der Waals surface area contributed by atoms with Gasteiger partial charge < -0.3 is 44.7 Å². The zero-order valence-electron chi connectivity index (χ0n) is 27.5. The fourth-order valence-corrected chi connectivity index (χ4v) is 5.68. The summed E-state index contributed by atoms with van der Waals surface area (Å²) in [6.07, 6.45) is 3.15. The first-order valence-corrected chi connectivity index (χ1v) is 16.0. The molecule has 2 aliphatic carbocycles.